The first kappa shape index (κ1) is 16.7. The molecule has 0 fully saturated rings. The molecule has 1 aromatic carbocycles. The molecule has 0 aliphatic carbocycles. The summed E-state index contributed by atoms with van der Waals surface area (Å²) in [5.41, 5.74) is 6.24. The van der Waals surface area contributed by atoms with E-state index in [1.807, 2.05) is 0 Å². The normalized spacial score (nSPS) is 13.4. The van der Waals surface area contributed by atoms with Gasteiger partial charge in [-0.3, -0.25) is 7.87 Å². The Balaban J connectivity index is 2.75. The fraction of sp³-hybridized carbons (Fsp3) is 0.562. The lowest BCUT2D eigenvalue weighted by Gasteiger charge is -2.24. The maximum absolute atomic E-state index is 2.47. The van der Waals surface area contributed by atoms with E-state index in [1.54, 1.807) is 36.8 Å². The predicted octanol–water partition coefficient (Wildman–Crippen LogP) is 8.76. The highest BCUT2D eigenvalue weighted by Gasteiger charge is 2.16. The van der Waals surface area contributed by atoms with Crippen molar-refractivity contribution in [2.75, 3.05) is 0 Å². The molecular weight excluding hydrogens is 316 g/mol. The molecule has 1 aromatic heterocycles. The van der Waals surface area contributed by atoms with E-state index < -0.39 is 0 Å². The van der Waals surface area contributed by atoms with Crippen molar-refractivity contribution in [3.8, 4) is 10.6 Å². The van der Waals surface area contributed by atoms with Gasteiger partial charge in [-0.05, 0) is 40.0 Å². The van der Waals surface area contributed by atoms with E-state index in [1.165, 1.54) is 21.3 Å². The third-order valence-corrected chi connectivity index (χ3v) is 12.8. The summed E-state index contributed by atoms with van der Waals surface area (Å²) in [6.45, 7) is 14.0. The van der Waals surface area contributed by atoms with Crippen LogP contribution in [0.15, 0.2) is 12.1 Å². The van der Waals surface area contributed by atoms with Gasteiger partial charge in [-0.25, -0.2) is 15.4 Å². The standard InChI is InChI=1S/C16H23P4/c1-9(2)12-7-13(10(3)4)15(14(8-12)11(5)6)16-17-19-20-18-16/h7-11H,1-6H3/q-1. The molecule has 20 heavy (non-hydrogen) atoms. The number of hydrogen-bond acceptors (Lipinski definition) is 0. The first-order valence-electron chi connectivity index (χ1n) is 7.28. The van der Waals surface area contributed by atoms with Gasteiger partial charge in [0, 0.05) is 0 Å². The van der Waals surface area contributed by atoms with E-state index in [0.29, 0.717) is 17.8 Å². The number of hydrogen-bond donors (Lipinski definition) is 0. The van der Waals surface area contributed by atoms with Crippen LogP contribution in [0.25, 0.3) is 10.6 Å². The van der Waals surface area contributed by atoms with Crippen LogP contribution in [0.5, 0.6) is 0 Å². The van der Waals surface area contributed by atoms with Crippen molar-refractivity contribution < 1.29 is 0 Å². The molecule has 0 saturated heterocycles. The molecule has 0 aliphatic heterocycles. The largest absolute Gasteiger partial charge is 0.264 e. The summed E-state index contributed by atoms with van der Waals surface area (Å²) in [5.74, 6) is 1.82. The number of rotatable bonds is 4. The maximum Gasteiger partial charge on any atom is -0.0213 e. The molecule has 0 saturated carbocycles. The van der Waals surface area contributed by atoms with Crippen LogP contribution in [-0.4, -0.2) is 0 Å². The van der Waals surface area contributed by atoms with Gasteiger partial charge in [0.25, 0.3) is 0 Å². The van der Waals surface area contributed by atoms with Crippen LogP contribution >= 0.6 is 30.8 Å². The van der Waals surface area contributed by atoms with Crippen LogP contribution in [0.4, 0.5) is 0 Å². The minimum atomic E-state index is 0.605. The zero-order chi connectivity index (χ0) is 14.9. The van der Waals surface area contributed by atoms with Gasteiger partial charge in [0.2, 0.25) is 0 Å². The van der Waals surface area contributed by atoms with Gasteiger partial charge in [0.05, 0.1) is 0 Å². The zero-order valence-electron chi connectivity index (χ0n) is 13.2. The highest BCUT2D eigenvalue weighted by molar-refractivity contribution is 8.34. The predicted molar refractivity (Wildman–Crippen MR) is 99.8 cm³/mol. The van der Waals surface area contributed by atoms with E-state index in [2.05, 4.69) is 53.7 Å². The first-order valence-corrected chi connectivity index (χ1v) is 13.0. The topological polar surface area (TPSA) is 0 Å². The second kappa shape index (κ2) is 7.03. The van der Waals surface area contributed by atoms with Crippen molar-refractivity contribution in [1.29, 1.82) is 0 Å². The van der Waals surface area contributed by atoms with Crippen LogP contribution in [-0.2, 0) is 0 Å². The fourth-order valence-electron chi connectivity index (χ4n) is 2.46. The molecule has 4 heteroatoms. The summed E-state index contributed by atoms with van der Waals surface area (Å²) in [4.78, 5) is 0. The Morgan fingerprint density at radius 3 is 1.75 bits per heavy atom. The molecule has 2 aromatic rings. The molecule has 0 atom stereocenters. The summed E-state index contributed by atoms with van der Waals surface area (Å²) in [6, 6.07) is 4.95. The Labute approximate surface area is 129 Å². The molecule has 0 amide bonds. The minimum absolute atomic E-state index is 0.605. The van der Waals surface area contributed by atoms with E-state index in [9.17, 15) is 0 Å². The van der Waals surface area contributed by atoms with E-state index in [-0.39, 0.29) is 0 Å². The van der Waals surface area contributed by atoms with Crippen LogP contribution in [0.1, 0.15) is 76.0 Å². The van der Waals surface area contributed by atoms with Gasteiger partial charge >= 0.3 is 0 Å². The SMILES string of the molecule is CC(C)c1cc(C(C)C)c(-c2ppp[p-]2)c(C(C)C)c1. The van der Waals surface area contributed by atoms with Gasteiger partial charge < -0.3 is 0 Å². The summed E-state index contributed by atoms with van der Waals surface area (Å²) < 4.78 is 0. The lowest BCUT2D eigenvalue weighted by molar-refractivity contribution is 0.808. The Kier molecular flexibility index (Phi) is 5.86. The molecule has 1 heterocycles. The molecule has 0 radical (unpaired) electrons. The smallest absolute Gasteiger partial charge is 0.0213 e. The lowest BCUT2D eigenvalue weighted by Crippen LogP contribution is -2.02. The molecule has 0 nitrogen and oxygen atoms in total. The third kappa shape index (κ3) is 3.54. The fourth-order valence-corrected chi connectivity index (χ4v) is 12.9. The second-order valence-electron chi connectivity index (χ2n) is 6.24. The van der Waals surface area contributed by atoms with Crippen molar-refractivity contribution in [2.24, 2.45) is 0 Å². The van der Waals surface area contributed by atoms with Crippen molar-refractivity contribution in [3.63, 3.8) is 0 Å². The van der Waals surface area contributed by atoms with E-state index in [0.717, 1.165) is 0 Å². The minimum Gasteiger partial charge on any atom is -0.264 e. The average Bonchev–Trinajstić information content (AvgIpc) is 2.90. The molecule has 108 valence electrons. The highest BCUT2D eigenvalue weighted by Crippen LogP contribution is 2.55. The highest BCUT2D eigenvalue weighted by atomic mass is 32.3. The molecule has 0 spiro atoms. The summed E-state index contributed by atoms with van der Waals surface area (Å²) >= 11 is 0. The average molecular weight is 339 g/mol. The Morgan fingerprint density at radius 2 is 1.40 bits per heavy atom. The first-order chi connectivity index (χ1) is 9.41. The third-order valence-electron chi connectivity index (χ3n) is 3.67. The van der Waals surface area contributed by atoms with Crippen LogP contribution < -0.4 is 0 Å². The van der Waals surface area contributed by atoms with E-state index in [4.69, 9.17) is 0 Å². The van der Waals surface area contributed by atoms with Gasteiger partial charge in [-0.2, -0.15) is 7.55 Å². The Morgan fingerprint density at radius 1 is 0.850 bits per heavy atom. The van der Waals surface area contributed by atoms with Gasteiger partial charge in [0.1, 0.15) is 0 Å². The quantitative estimate of drug-likeness (QED) is 0.522. The van der Waals surface area contributed by atoms with Gasteiger partial charge in [-0.1, -0.05) is 58.7 Å². The van der Waals surface area contributed by atoms with Crippen molar-refractivity contribution >= 4 is 30.8 Å². The summed E-state index contributed by atoms with van der Waals surface area (Å²) in [5, 5.41) is 1.65. The molecule has 0 unspecified atom stereocenters. The molecule has 0 bridgehead atoms. The van der Waals surface area contributed by atoms with Crippen LogP contribution in [0.2, 0.25) is 0 Å². The van der Waals surface area contributed by atoms with Crippen LogP contribution in [0, 0.1) is 0 Å². The van der Waals surface area contributed by atoms with Gasteiger partial charge in [0.15, 0.2) is 0 Å². The summed E-state index contributed by atoms with van der Waals surface area (Å²) in [7, 11) is 6.15. The maximum atomic E-state index is 2.47. The molecular formula is C16H23P4-. The summed E-state index contributed by atoms with van der Waals surface area (Å²) in [6.07, 6.45) is 0. The van der Waals surface area contributed by atoms with Crippen molar-refractivity contribution in [3.05, 3.63) is 28.8 Å². The second-order valence-corrected chi connectivity index (χ2v) is 13.7. The van der Waals surface area contributed by atoms with Gasteiger partial charge in [-0.15, -0.1) is 0 Å². The Bertz CT molecular complexity index is 539. The van der Waals surface area contributed by atoms with Crippen LogP contribution in [0.3, 0.4) is 0 Å². The lowest BCUT2D eigenvalue weighted by atomic mass is 9.85. The molecule has 0 N–H and O–H groups in total. The molecule has 0 aliphatic rings. The van der Waals surface area contributed by atoms with Crippen molar-refractivity contribution in [2.45, 2.75) is 59.3 Å². The van der Waals surface area contributed by atoms with E-state index >= 15 is 0 Å². The monoisotopic (exact) mass is 339 g/mol. The zero-order valence-corrected chi connectivity index (χ0v) is 16.8. The number of benzene rings is 1. The van der Waals surface area contributed by atoms with Crippen molar-refractivity contribution in [1.82, 2.24) is 0 Å². The molecule has 2 rings (SSSR count). The Hall–Kier alpha value is 0.290.